The largest absolute Gasteiger partial charge is 0.339 e. The van der Waals surface area contributed by atoms with Gasteiger partial charge in [0.2, 0.25) is 10.0 Å². The second kappa shape index (κ2) is 6.58. The van der Waals surface area contributed by atoms with E-state index in [9.17, 15) is 12.8 Å². The van der Waals surface area contributed by atoms with Crippen LogP contribution in [0.2, 0.25) is 0 Å². The maximum atomic E-state index is 13.2. The molecular formula is C17H15FN4O2S. The van der Waals surface area contributed by atoms with Gasteiger partial charge in [-0.3, -0.25) is 0 Å². The summed E-state index contributed by atoms with van der Waals surface area (Å²) >= 11 is 0. The first-order valence-corrected chi connectivity index (χ1v) is 8.88. The molecule has 0 aliphatic carbocycles. The van der Waals surface area contributed by atoms with Gasteiger partial charge in [0, 0.05) is 11.3 Å². The molecule has 0 bridgehead atoms. The van der Waals surface area contributed by atoms with Crippen LogP contribution in [0.4, 0.5) is 15.9 Å². The molecule has 0 unspecified atom stereocenters. The molecule has 6 nitrogen and oxygen atoms in total. The molecule has 0 aliphatic rings. The van der Waals surface area contributed by atoms with Crippen molar-refractivity contribution in [3.63, 3.8) is 0 Å². The van der Waals surface area contributed by atoms with Gasteiger partial charge >= 0.3 is 0 Å². The third-order valence-electron chi connectivity index (χ3n) is 3.55. The number of nitrogens with zero attached hydrogens (tertiary/aromatic N) is 2. The van der Waals surface area contributed by atoms with E-state index in [0.717, 1.165) is 0 Å². The van der Waals surface area contributed by atoms with Gasteiger partial charge in [-0.1, -0.05) is 18.2 Å². The molecule has 25 heavy (non-hydrogen) atoms. The number of rotatable bonds is 4. The number of halogens is 1. The molecule has 0 amide bonds. The number of hydrogen-bond donors (Lipinski definition) is 2. The molecule has 1 aromatic heterocycles. The third kappa shape index (κ3) is 3.98. The Labute approximate surface area is 144 Å². The lowest BCUT2D eigenvalue weighted by Crippen LogP contribution is -2.13. The lowest BCUT2D eigenvalue weighted by Gasteiger charge is -2.08. The maximum absolute atomic E-state index is 13.2. The van der Waals surface area contributed by atoms with E-state index in [1.165, 1.54) is 18.2 Å². The van der Waals surface area contributed by atoms with E-state index in [1.807, 2.05) is 0 Å². The Morgan fingerprint density at radius 1 is 1.04 bits per heavy atom. The predicted molar refractivity (Wildman–Crippen MR) is 93.3 cm³/mol. The van der Waals surface area contributed by atoms with Crippen LogP contribution in [0.1, 0.15) is 5.56 Å². The monoisotopic (exact) mass is 358 g/mol. The van der Waals surface area contributed by atoms with Gasteiger partial charge in [-0.15, -0.1) is 10.2 Å². The van der Waals surface area contributed by atoms with Crippen LogP contribution >= 0.6 is 0 Å². The molecule has 128 valence electrons. The lowest BCUT2D eigenvalue weighted by atomic mass is 10.1. The number of aryl methyl sites for hydroxylation is 1. The molecule has 0 saturated heterocycles. The lowest BCUT2D eigenvalue weighted by molar-refractivity contribution is 0.597. The van der Waals surface area contributed by atoms with Gasteiger partial charge in [-0.05, 0) is 48.9 Å². The third-order valence-corrected chi connectivity index (χ3v) is 4.60. The standard InChI is InChI=1S/C17H15FN4O2S/c1-11-5-6-12(9-16(11)25(19,23)24)15-7-8-17(22-21-15)20-14-4-2-3-13(18)10-14/h2-10H,1H3,(H,20,22)(H2,19,23,24). The van der Waals surface area contributed by atoms with Gasteiger partial charge in [0.15, 0.2) is 5.82 Å². The van der Waals surface area contributed by atoms with E-state index in [0.29, 0.717) is 28.3 Å². The summed E-state index contributed by atoms with van der Waals surface area (Å²) in [5, 5.41) is 16.3. The van der Waals surface area contributed by atoms with Crippen LogP contribution in [0.15, 0.2) is 59.5 Å². The molecule has 0 atom stereocenters. The van der Waals surface area contributed by atoms with Gasteiger partial charge in [0.1, 0.15) is 5.82 Å². The van der Waals surface area contributed by atoms with Gasteiger partial charge in [-0.2, -0.15) is 0 Å². The number of anilines is 2. The number of hydrogen-bond acceptors (Lipinski definition) is 5. The summed E-state index contributed by atoms with van der Waals surface area (Å²) in [7, 11) is -3.81. The average Bonchev–Trinajstić information content (AvgIpc) is 2.55. The quantitative estimate of drug-likeness (QED) is 0.747. The molecular weight excluding hydrogens is 343 g/mol. The summed E-state index contributed by atoms with van der Waals surface area (Å²) in [6, 6.07) is 14.2. The molecule has 0 aliphatic heterocycles. The molecule has 1 heterocycles. The minimum atomic E-state index is -3.81. The molecule has 3 rings (SSSR count). The Morgan fingerprint density at radius 3 is 2.48 bits per heavy atom. The molecule has 0 saturated carbocycles. The molecule has 2 aromatic carbocycles. The number of primary sulfonamides is 1. The Kier molecular flexibility index (Phi) is 4.47. The average molecular weight is 358 g/mol. The maximum Gasteiger partial charge on any atom is 0.238 e. The Hall–Kier alpha value is -2.84. The zero-order valence-electron chi connectivity index (χ0n) is 13.3. The predicted octanol–water partition coefficient (Wildman–Crippen LogP) is 2.98. The van der Waals surface area contributed by atoms with E-state index in [2.05, 4.69) is 15.5 Å². The number of nitrogens with one attached hydrogen (secondary N) is 1. The topological polar surface area (TPSA) is 98.0 Å². The summed E-state index contributed by atoms with van der Waals surface area (Å²) in [4.78, 5) is 0.0498. The van der Waals surface area contributed by atoms with Crippen molar-refractivity contribution in [1.82, 2.24) is 10.2 Å². The van der Waals surface area contributed by atoms with E-state index in [1.54, 1.807) is 43.3 Å². The Balaban J connectivity index is 1.88. The van der Waals surface area contributed by atoms with Crippen LogP contribution in [0.5, 0.6) is 0 Å². The highest BCUT2D eigenvalue weighted by Crippen LogP contribution is 2.24. The van der Waals surface area contributed by atoms with Crippen LogP contribution in [-0.2, 0) is 10.0 Å². The summed E-state index contributed by atoms with van der Waals surface area (Å²) in [5.41, 5.74) is 2.19. The normalized spacial score (nSPS) is 11.3. The van der Waals surface area contributed by atoms with E-state index < -0.39 is 10.0 Å². The fourth-order valence-corrected chi connectivity index (χ4v) is 3.14. The van der Waals surface area contributed by atoms with E-state index in [4.69, 9.17) is 5.14 Å². The van der Waals surface area contributed by atoms with Crippen molar-refractivity contribution in [3.8, 4) is 11.3 Å². The van der Waals surface area contributed by atoms with Crippen LogP contribution in [0, 0.1) is 12.7 Å². The zero-order valence-corrected chi connectivity index (χ0v) is 14.1. The smallest absolute Gasteiger partial charge is 0.238 e. The number of nitrogens with two attached hydrogens (primary N) is 1. The van der Waals surface area contributed by atoms with Crippen LogP contribution in [0.25, 0.3) is 11.3 Å². The van der Waals surface area contributed by atoms with Crippen LogP contribution in [-0.4, -0.2) is 18.6 Å². The van der Waals surface area contributed by atoms with Gasteiger partial charge in [0.05, 0.1) is 10.6 Å². The summed E-state index contributed by atoms with van der Waals surface area (Å²) in [5.74, 6) is 0.0814. The summed E-state index contributed by atoms with van der Waals surface area (Å²) < 4.78 is 36.4. The summed E-state index contributed by atoms with van der Waals surface area (Å²) in [6.07, 6.45) is 0. The molecule has 0 fully saturated rings. The number of aromatic nitrogens is 2. The van der Waals surface area contributed by atoms with Crippen molar-refractivity contribution in [3.05, 3.63) is 66.0 Å². The molecule has 0 spiro atoms. The summed E-state index contributed by atoms with van der Waals surface area (Å²) in [6.45, 7) is 1.67. The van der Waals surface area contributed by atoms with E-state index in [-0.39, 0.29) is 10.7 Å². The zero-order chi connectivity index (χ0) is 18.0. The molecule has 3 N–H and O–H groups in total. The highest BCUT2D eigenvalue weighted by Gasteiger charge is 2.13. The van der Waals surface area contributed by atoms with Crippen LogP contribution < -0.4 is 10.5 Å². The SMILES string of the molecule is Cc1ccc(-c2ccc(Nc3cccc(F)c3)nn2)cc1S(N)(=O)=O. The molecule has 0 radical (unpaired) electrons. The number of sulfonamides is 1. The van der Waals surface area contributed by atoms with Gasteiger partial charge in [-0.25, -0.2) is 17.9 Å². The van der Waals surface area contributed by atoms with Crippen molar-refractivity contribution < 1.29 is 12.8 Å². The number of benzene rings is 2. The van der Waals surface area contributed by atoms with Gasteiger partial charge in [0.25, 0.3) is 0 Å². The molecule has 3 aromatic rings. The first-order valence-electron chi connectivity index (χ1n) is 7.33. The molecule has 8 heteroatoms. The fraction of sp³-hybridized carbons (Fsp3) is 0.0588. The van der Waals surface area contributed by atoms with Gasteiger partial charge < -0.3 is 5.32 Å². The van der Waals surface area contributed by atoms with Crippen molar-refractivity contribution in [2.75, 3.05) is 5.32 Å². The highest BCUT2D eigenvalue weighted by atomic mass is 32.2. The minimum absolute atomic E-state index is 0.0498. The van der Waals surface area contributed by atoms with Crippen molar-refractivity contribution >= 4 is 21.5 Å². The fourth-order valence-electron chi connectivity index (χ4n) is 2.33. The second-order valence-corrected chi connectivity index (χ2v) is 6.99. The van der Waals surface area contributed by atoms with Crippen molar-refractivity contribution in [1.29, 1.82) is 0 Å². The minimum Gasteiger partial charge on any atom is -0.339 e. The Morgan fingerprint density at radius 2 is 1.84 bits per heavy atom. The Bertz CT molecular complexity index is 1020. The van der Waals surface area contributed by atoms with Crippen molar-refractivity contribution in [2.45, 2.75) is 11.8 Å². The van der Waals surface area contributed by atoms with Crippen molar-refractivity contribution in [2.24, 2.45) is 5.14 Å². The first kappa shape index (κ1) is 17.0. The van der Waals surface area contributed by atoms with Crippen LogP contribution in [0.3, 0.4) is 0 Å². The van der Waals surface area contributed by atoms with E-state index >= 15 is 0 Å². The highest BCUT2D eigenvalue weighted by molar-refractivity contribution is 7.89. The first-order chi connectivity index (χ1) is 11.8. The second-order valence-electron chi connectivity index (χ2n) is 5.46.